The molecule has 0 atom stereocenters. The molecular formula is C13H16N4O2. The van der Waals surface area contributed by atoms with Crippen LogP contribution in [-0.4, -0.2) is 20.6 Å². The summed E-state index contributed by atoms with van der Waals surface area (Å²) in [5, 5.41) is 13.0. The summed E-state index contributed by atoms with van der Waals surface area (Å²) >= 11 is 0. The van der Waals surface area contributed by atoms with Crippen LogP contribution in [0.2, 0.25) is 0 Å². The maximum absolute atomic E-state index is 11.2. The molecule has 1 amide bonds. The predicted molar refractivity (Wildman–Crippen MR) is 73.2 cm³/mol. The zero-order valence-electron chi connectivity index (χ0n) is 10.9. The number of nitrogens with zero attached hydrogens (tertiary/aromatic N) is 2. The second-order valence-corrected chi connectivity index (χ2v) is 4.92. The number of carbonyl (C=O) groups excluding carboxylic acids is 1. The number of imidazole rings is 1. The van der Waals surface area contributed by atoms with E-state index in [9.17, 15) is 9.90 Å². The number of nitrogen functional groups attached to an aromatic ring is 1. The minimum atomic E-state index is -0.222. The first kappa shape index (κ1) is 11.8. The van der Waals surface area contributed by atoms with Gasteiger partial charge in [0.05, 0.1) is 11.4 Å². The van der Waals surface area contributed by atoms with Crippen LogP contribution in [0.5, 0.6) is 5.75 Å². The van der Waals surface area contributed by atoms with Crippen molar-refractivity contribution in [3.05, 3.63) is 11.4 Å². The van der Waals surface area contributed by atoms with Gasteiger partial charge in [-0.25, -0.2) is 4.98 Å². The van der Waals surface area contributed by atoms with Gasteiger partial charge in [-0.05, 0) is 13.3 Å². The Morgan fingerprint density at radius 1 is 1.53 bits per heavy atom. The predicted octanol–water partition coefficient (Wildman–Crippen LogP) is 1.54. The molecule has 0 saturated carbocycles. The highest BCUT2D eigenvalue weighted by Crippen LogP contribution is 2.41. The molecular weight excluding hydrogens is 244 g/mol. The minimum absolute atomic E-state index is 0.147. The molecule has 6 heteroatoms. The molecule has 1 aliphatic rings. The highest BCUT2D eigenvalue weighted by molar-refractivity contribution is 6.05. The number of nitrogens with one attached hydrogen (secondary N) is 1. The van der Waals surface area contributed by atoms with Crippen LogP contribution >= 0.6 is 0 Å². The summed E-state index contributed by atoms with van der Waals surface area (Å²) in [7, 11) is 0. The number of phenolic OH excluding ortho intramolecular Hbond substituents is 1. The number of carbonyl (C=O) groups is 1. The molecule has 4 N–H and O–H groups in total. The summed E-state index contributed by atoms with van der Waals surface area (Å²) < 4.78 is 2.01. The topological polar surface area (TPSA) is 93.2 Å². The Balaban J connectivity index is 2.35. The average Bonchev–Trinajstić information content (AvgIpc) is 2.91. The Kier molecular flexibility index (Phi) is 2.41. The zero-order valence-corrected chi connectivity index (χ0v) is 10.9. The number of benzene rings is 1. The van der Waals surface area contributed by atoms with Crippen molar-refractivity contribution in [3.8, 4) is 5.75 Å². The largest absolute Gasteiger partial charge is 0.505 e. The number of aryl methyl sites for hydroxylation is 2. The van der Waals surface area contributed by atoms with Crippen LogP contribution in [0.25, 0.3) is 11.0 Å². The number of hydrogen-bond acceptors (Lipinski definition) is 4. The van der Waals surface area contributed by atoms with Crippen LogP contribution in [0, 0.1) is 6.92 Å². The van der Waals surface area contributed by atoms with Crippen molar-refractivity contribution in [2.45, 2.75) is 33.2 Å². The van der Waals surface area contributed by atoms with E-state index in [0.29, 0.717) is 28.0 Å². The van der Waals surface area contributed by atoms with E-state index in [4.69, 9.17) is 5.73 Å². The second-order valence-electron chi connectivity index (χ2n) is 4.92. The molecule has 0 fully saturated rings. The van der Waals surface area contributed by atoms with Gasteiger partial charge in [0.2, 0.25) is 5.91 Å². The van der Waals surface area contributed by atoms with Crippen LogP contribution in [0.4, 0.5) is 11.4 Å². The van der Waals surface area contributed by atoms with E-state index >= 15 is 0 Å². The number of nitrogens with two attached hydrogens (primary N) is 1. The van der Waals surface area contributed by atoms with Crippen molar-refractivity contribution in [1.82, 2.24) is 9.55 Å². The van der Waals surface area contributed by atoms with E-state index in [1.165, 1.54) is 6.92 Å². The van der Waals surface area contributed by atoms with E-state index in [2.05, 4.69) is 10.3 Å². The van der Waals surface area contributed by atoms with Crippen molar-refractivity contribution in [2.24, 2.45) is 0 Å². The molecule has 19 heavy (non-hydrogen) atoms. The normalized spacial score (nSPS) is 13.8. The fourth-order valence-electron chi connectivity index (χ4n) is 2.71. The number of phenols is 1. The van der Waals surface area contributed by atoms with E-state index in [1.54, 1.807) is 6.92 Å². The van der Waals surface area contributed by atoms with Crippen molar-refractivity contribution in [2.75, 3.05) is 11.1 Å². The number of fused-ring (bicyclic) bond motifs is 3. The third-order valence-electron chi connectivity index (χ3n) is 3.61. The lowest BCUT2D eigenvalue weighted by Crippen LogP contribution is -2.10. The van der Waals surface area contributed by atoms with E-state index in [-0.39, 0.29) is 11.7 Å². The van der Waals surface area contributed by atoms with Crippen LogP contribution in [0.3, 0.4) is 0 Å². The Labute approximate surface area is 110 Å². The van der Waals surface area contributed by atoms with Crippen LogP contribution < -0.4 is 11.1 Å². The van der Waals surface area contributed by atoms with Gasteiger partial charge in [0.1, 0.15) is 22.6 Å². The van der Waals surface area contributed by atoms with E-state index in [1.807, 2.05) is 4.57 Å². The summed E-state index contributed by atoms with van der Waals surface area (Å²) in [6.07, 6.45) is 1.92. The first-order chi connectivity index (χ1) is 9.00. The Hall–Kier alpha value is -2.24. The number of hydrogen-bond donors (Lipinski definition) is 3. The average molecular weight is 260 g/mol. The molecule has 0 radical (unpaired) electrons. The lowest BCUT2D eigenvalue weighted by Gasteiger charge is -2.13. The highest BCUT2D eigenvalue weighted by atomic mass is 16.3. The standard InChI is InChI=1S/C13H16N4O2/c1-6-10(15-7(2)18)9(14)11-12(13(6)19)17-5-3-4-8(17)16-11/h19H,3-5,14H2,1-2H3,(H,15,18). The summed E-state index contributed by atoms with van der Waals surface area (Å²) in [6, 6.07) is 0. The molecule has 1 aromatic carbocycles. The fourth-order valence-corrected chi connectivity index (χ4v) is 2.71. The Bertz CT molecular complexity index is 703. The lowest BCUT2D eigenvalue weighted by molar-refractivity contribution is -0.114. The van der Waals surface area contributed by atoms with Gasteiger partial charge in [0.15, 0.2) is 0 Å². The summed E-state index contributed by atoms with van der Waals surface area (Å²) in [6.45, 7) is 4.00. The molecule has 100 valence electrons. The molecule has 0 unspecified atom stereocenters. The molecule has 0 spiro atoms. The maximum atomic E-state index is 11.2. The van der Waals surface area contributed by atoms with Crippen molar-refractivity contribution in [3.63, 3.8) is 0 Å². The number of aromatic nitrogens is 2. The van der Waals surface area contributed by atoms with Gasteiger partial charge in [-0.3, -0.25) is 4.79 Å². The smallest absolute Gasteiger partial charge is 0.221 e. The molecule has 1 aromatic heterocycles. The first-order valence-corrected chi connectivity index (χ1v) is 6.28. The number of amides is 1. The third-order valence-corrected chi connectivity index (χ3v) is 3.61. The second kappa shape index (κ2) is 3.88. The van der Waals surface area contributed by atoms with Gasteiger partial charge in [-0.15, -0.1) is 0 Å². The summed E-state index contributed by atoms with van der Waals surface area (Å²) in [5.74, 6) is 0.866. The molecule has 1 aliphatic heterocycles. The zero-order chi connectivity index (χ0) is 13.7. The van der Waals surface area contributed by atoms with Gasteiger partial charge in [-0.1, -0.05) is 0 Å². The maximum Gasteiger partial charge on any atom is 0.221 e. The van der Waals surface area contributed by atoms with Gasteiger partial charge in [0, 0.05) is 25.5 Å². The van der Waals surface area contributed by atoms with Gasteiger partial charge >= 0.3 is 0 Å². The Morgan fingerprint density at radius 3 is 2.95 bits per heavy atom. The third kappa shape index (κ3) is 1.56. The van der Waals surface area contributed by atoms with Gasteiger partial charge in [-0.2, -0.15) is 0 Å². The Morgan fingerprint density at radius 2 is 2.26 bits per heavy atom. The van der Waals surface area contributed by atoms with E-state index in [0.717, 1.165) is 25.2 Å². The number of anilines is 2. The van der Waals surface area contributed by atoms with E-state index < -0.39 is 0 Å². The van der Waals surface area contributed by atoms with Crippen molar-refractivity contribution in [1.29, 1.82) is 0 Å². The quantitative estimate of drug-likeness (QED) is 0.535. The van der Waals surface area contributed by atoms with Crippen molar-refractivity contribution >= 4 is 28.3 Å². The molecule has 6 nitrogen and oxygen atoms in total. The molecule has 0 bridgehead atoms. The molecule has 0 aliphatic carbocycles. The molecule has 3 rings (SSSR count). The fraction of sp³-hybridized carbons (Fsp3) is 0.385. The van der Waals surface area contributed by atoms with Gasteiger partial charge < -0.3 is 20.7 Å². The monoisotopic (exact) mass is 260 g/mol. The molecule has 2 aromatic rings. The van der Waals surface area contributed by atoms with Crippen LogP contribution in [-0.2, 0) is 17.8 Å². The summed E-state index contributed by atoms with van der Waals surface area (Å²) in [4.78, 5) is 15.7. The number of aromatic hydroxyl groups is 1. The van der Waals surface area contributed by atoms with Gasteiger partial charge in [0.25, 0.3) is 0 Å². The minimum Gasteiger partial charge on any atom is -0.505 e. The summed E-state index contributed by atoms with van der Waals surface area (Å²) in [5.41, 5.74) is 8.80. The lowest BCUT2D eigenvalue weighted by atomic mass is 10.1. The molecule has 0 saturated heterocycles. The van der Waals surface area contributed by atoms with Crippen LogP contribution in [0.15, 0.2) is 0 Å². The molecule has 2 heterocycles. The first-order valence-electron chi connectivity index (χ1n) is 6.28. The SMILES string of the molecule is CC(=O)Nc1c(C)c(O)c2c(nc3n2CCC3)c1N. The highest BCUT2D eigenvalue weighted by Gasteiger charge is 2.24. The van der Waals surface area contributed by atoms with Crippen molar-refractivity contribution < 1.29 is 9.90 Å². The van der Waals surface area contributed by atoms with Crippen LogP contribution in [0.1, 0.15) is 24.7 Å². The number of rotatable bonds is 1.